The molecule has 4 N–H and O–H groups in total. The molecular weight excluding hydrogens is 538 g/mol. The molecule has 234 valence electrons. The highest BCUT2D eigenvalue weighted by Crippen LogP contribution is 2.29. The van der Waals surface area contributed by atoms with Gasteiger partial charge in [-0.2, -0.15) is 0 Å². The van der Waals surface area contributed by atoms with Crippen LogP contribution in [0.4, 0.5) is 0 Å². The van der Waals surface area contributed by atoms with Crippen molar-refractivity contribution in [2.45, 2.75) is 115 Å². The molecule has 10 heteroatoms. The first kappa shape index (κ1) is 33.5. The molecule has 4 atom stereocenters. The highest BCUT2D eigenvalue weighted by Gasteiger charge is 2.41. The zero-order valence-corrected chi connectivity index (χ0v) is 25.2. The second-order valence-electron chi connectivity index (χ2n) is 11.7. The number of nitrogens with zero attached hydrogens (tertiary/aromatic N) is 1. The van der Waals surface area contributed by atoms with Gasteiger partial charge in [0.2, 0.25) is 17.7 Å². The zero-order chi connectivity index (χ0) is 30.5. The van der Waals surface area contributed by atoms with Crippen LogP contribution < -0.4 is 15.4 Å². The highest BCUT2D eigenvalue weighted by molar-refractivity contribution is 5.93. The number of carbonyl (C=O) groups is 4. The number of aliphatic hydroxyl groups excluding tert-OH is 2. The van der Waals surface area contributed by atoms with E-state index in [0.717, 1.165) is 37.7 Å². The smallest absolute Gasteiger partial charge is 0.246 e. The van der Waals surface area contributed by atoms with Gasteiger partial charge in [-0.05, 0) is 69.1 Å². The zero-order valence-electron chi connectivity index (χ0n) is 25.2. The van der Waals surface area contributed by atoms with Crippen molar-refractivity contribution in [3.05, 3.63) is 29.8 Å². The number of hydrogen-bond donors (Lipinski definition) is 4. The van der Waals surface area contributed by atoms with Crippen molar-refractivity contribution < 1.29 is 34.1 Å². The van der Waals surface area contributed by atoms with Gasteiger partial charge in [0.05, 0.1) is 12.6 Å². The van der Waals surface area contributed by atoms with E-state index in [-0.39, 0.29) is 36.7 Å². The van der Waals surface area contributed by atoms with Crippen LogP contribution in [0, 0.1) is 5.92 Å². The van der Waals surface area contributed by atoms with Crippen molar-refractivity contribution in [2.24, 2.45) is 5.92 Å². The van der Waals surface area contributed by atoms with E-state index in [4.69, 9.17) is 9.84 Å². The van der Waals surface area contributed by atoms with Crippen LogP contribution in [0.25, 0.3) is 0 Å². The minimum Gasteiger partial charge on any atom is -0.494 e. The number of rotatable bonds is 16. The molecule has 1 heterocycles. The Kier molecular flexibility index (Phi) is 13.7. The number of aliphatic hydroxyl groups is 2. The normalized spacial score (nSPS) is 19.5. The number of ether oxygens (including phenoxy) is 1. The lowest BCUT2D eigenvalue weighted by atomic mass is 9.83. The minimum atomic E-state index is -1.29. The average Bonchev–Trinajstić information content (AvgIpc) is 3.49. The van der Waals surface area contributed by atoms with E-state index >= 15 is 0 Å². The van der Waals surface area contributed by atoms with E-state index in [0.29, 0.717) is 57.4 Å². The fraction of sp³-hybridized carbons (Fsp3) is 0.688. The molecule has 3 unspecified atom stereocenters. The number of carbonyl (C=O) groups excluding carboxylic acids is 4. The molecule has 1 aromatic rings. The number of benzene rings is 1. The van der Waals surface area contributed by atoms with Crippen LogP contribution >= 0.6 is 0 Å². The number of aryl methyl sites for hydroxylation is 1. The summed E-state index contributed by atoms with van der Waals surface area (Å²) in [6.07, 6.45) is 7.13. The summed E-state index contributed by atoms with van der Waals surface area (Å²) in [5.74, 6) is -0.470. The minimum absolute atomic E-state index is 0.0160. The molecule has 1 aliphatic carbocycles. The maximum Gasteiger partial charge on any atom is 0.246 e. The van der Waals surface area contributed by atoms with E-state index in [2.05, 4.69) is 10.6 Å². The molecule has 1 aliphatic heterocycles. The molecule has 0 bridgehead atoms. The standard InChI is InChI=1S/C32H49N3O7/c1-3-9-26(30(39)22(2)37)33-31(40)27-12-7-19-35(27)32(41)29(24-10-5-4-6-11-24)34-28(38)18-15-23-13-16-25(17-14-23)42-21-8-20-36/h13-14,16-17,24,26-27,29-30,36,39H,3-12,15,18-21H2,1-2H3,(H,33,40)(H,34,38)/t26?,27?,29-,30?/m0/s1. The Morgan fingerprint density at radius 2 is 1.74 bits per heavy atom. The van der Waals surface area contributed by atoms with Crippen LogP contribution in [0.2, 0.25) is 0 Å². The molecular formula is C32H49N3O7. The lowest BCUT2D eigenvalue weighted by Gasteiger charge is -2.35. The van der Waals surface area contributed by atoms with Gasteiger partial charge in [-0.25, -0.2) is 0 Å². The number of Topliss-reactive ketones (excluding diaryl/α,β-unsaturated/α-hetero) is 1. The number of hydrogen-bond acceptors (Lipinski definition) is 7. The maximum absolute atomic E-state index is 14.0. The van der Waals surface area contributed by atoms with Gasteiger partial charge in [-0.15, -0.1) is 0 Å². The summed E-state index contributed by atoms with van der Waals surface area (Å²) < 4.78 is 5.57. The van der Waals surface area contributed by atoms with Gasteiger partial charge in [0.1, 0.15) is 23.9 Å². The van der Waals surface area contributed by atoms with E-state index in [1.807, 2.05) is 31.2 Å². The topological polar surface area (TPSA) is 145 Å². The second-order valence-corrected chi connectivity index (χ2v) is 11.7. The molecule has 0 aromatic heterocycles. The van der Waals surface area contributed by atoms with E-state index < -0.39 is 30.0 Å². The third kappa shape index (κ3) is 9.80. The van der Waals surface area contributed by atoms with Gasteiger partial charge in [0, 0.05) is 26.0 Å². The number of amides is 3. The highest BCUT2D eigenvalue weighted by atomic mass is 16.5. The third-order valence-corrected chi connectivity index (χ3v) is 8.40. The first-order chi connectivity index (χ1) is 20.2. The molecule has 3 amide bonds. The molecule has 2 aliphatic rings. The number of nitrogens with one attached hydrogen (secondary N) is 2. The lowest BCUT2D eigenvalue weighted by molar-refractivity contribution is -0.143. The number of likely N-dealkylation sites (tertiary alicyclic amines) is 1. The Morgan fingerprint density at radius 1 is 1.02 bits per heavy atom. The Bertz CT molecular complexity index is 1030. The summed E-state index contributed by atoms with van der Waals surface area (Å²) in [6, 6.07) is 5.42. The quantitative estimate of drug-likeness (QED) is 0.218. The van der Waals surface area contributed by atoms with E-state index in [1.54, 1.807) is 4.90 Å². The summed E-state index contributed by atoms with van der Waals surface area (Å²) in [5, 5.41) is 25.1. The largest absolute Gasteiger partial charge is 0.494 e. The third-order valence-electron chi connectivity index (χ3n) is 8.40. The Morgan fingerprint density at radius 3 is 2.38 bits per heavy atom. The van der Waals surface area contributed by atoms with Gasteiger partial charge < -0.3 is 30.5 Å². The van der Waals surface area contributed by atoms with Gasteiger partial charge >= 0.3 is 0 Å². The average molecular weight is 588 g/mol. The summed E-state index contributed by atoms with van der Waals surface area (Å²) >= 11 is 0. The van der Waals surface area contributed by atoms with E-state index in [9.17, 15) is 24.3 Å². The van der Waals surface area contributed by atoms with Crippen LogP contribution in [0.15, 0.2) is 24.3 Å². The molecule has 10 nitrogen and oxygen atoms in total. The van der Waals surface area contributed by atoms with Crippen molar-refractivity contribution in [3.8, 4) is 5.75 Å². The molecule has 0 spiro atoms. The predicted molar refractivity (Wildman–Crippen MR) is 159 cm³/mol. The van der Waals surface area contributed by atoms with Crippen LogP contribution in [-0.2, 0) is 25.6 Å². The van der Waals surface area contributed by atoms with Crippen molar-refractivity contribution in [1.82, 2.24) is 15.5 Å². The molecule has 0 radical (unpaired) electrons. The Hall–Kier alpha value is -2.98. The monoisotopic (exact) mass is 587 g/mol. The SMILES string of the molecule is CCCC(NC(=O)C1CCCN1C(=O)[C@@H](NC(=O)CCc1ccc(OCCCO)cc1)C1CCCCC1)C(O)C(C)=O. The Balaban J connectivity index is 1.64. The van der Waals surface area contributed by atoms with Crippen LogP contribution in [0.3, 0.4) is 0 Å². The fourth-order valence-electron chi connectivity index (χ4n) is 6.02. The summed E-state index contributed by atoms with van der Waals surface area (Å²) in [5.41, 5.74) is 0.978. The number of ketones is 1. The summed E-state index contributed by atoms with van der Waals surface area (Å²) in [7, 11) is 0. The first-order valence-electron chi connectivity index (χ1n) is 15.7. The summed E-state index contributed by atoms with van der Waals surface area (Å²) in [4.78, 5) is 53.8. The fourth-order valence-corrected chi connectivity index (χ4v) is 6.02. The summed E-state index contributed by atoms with van der Waals surface area (Å²) in [6.45, 7) is 4.16. The molecule has 2 fully saturated rings. The predicted octanol–water partition coefficient (Wildman–Crippen LogP) is 2.67. The van der Waals surface area contributed by atoms with Crippen LogP contribution in [-0.4, -0.2) is 82.6 Å². The van der Waals surface area contributed by atoms with Gasteiger partial charge in [0.25, 0.3) is 0 Å². The van der Waals surface area contributed by atoms with Gasteiger partial charge in [0.15, 0.2) is 5.78 Å². The molecule has 1 saturated heterocycles. The molecule has 1 saturated carbocycles. The molecule has 42 heavy (non-hydrogen) atoms. The molecule has 1 aromatic carbocycles. The van der Waals surface area contributed by atoms with Crippen LogP contribution in [0.1, 0.15) is 90.0 Å². The molecule has 3 rings (SSSR count). The van der Waals surface area contributed by atoms with Crippen molar-refractivity contribution in [3.63, 3.8) is 0 Å². The van der Waals surface area contributed by atoms with Crippen molar-refractivity contribution >= 4 is 23.5 Å². The second kappa shape index (κ2) is 17.2. The first-order valence-corrected chi connectivity index (χ1v) is 15.7. The van der Waals surface area contributed by atoms with Crippen molar-refractivity contribution in [2.75, 3.05) is 19.8 Å². The lowest BCUT2D eigenvalue weighted by Crippen LogP contribution is -2.58. The van der Waals surface area contributed by atoms with Gasteiger partial charge in [-0.3, -0.25) is 19.2 Å². The maximum atomic E-state index is 14.0. The van der Waals surface area contributed by atoms with E-state index in [1.165, 1.54) is 6.92 Å². The van der Waals surface area contributed by atoms with Crippen molar-refractivity contribution in [1.29, 1.82) is 0 Å². The van der Waals surface area contributed by atoms with Gasteiger partial charge in [-0.1, -0.05) is 44.7 Å². The Labute approximate surface area is 249 Å². The van der Waals surface area contributed by atoms with Crippen LogP contribution in [0.5, 0.6) is 5.75 Å².